The van der Waals surface area contributed by atoms with Gasteiger partial charge in [-0.25, -0.2) is 8.42 Å². The van der Waals surface area contributed by atoms with E-state index < -0.39 is 28.5 Å². The van der Waals surface area contributed by atoms with Crippen molar-refractivity contribution in [3.8, 4) is 17.2 Å². The molecule has 0 spiro atoms. The van der Waals surface area contributed by atoms with Crippen LogP contribution in [0.3, 0.4) is 0 Å². The molecule has 3 aromatic carbocycles. The Labute approximate surface area is 267 Å². The van der Waals surface area contributed by atoms with Crippen molar-refractivity contribution in [2.75, 3.05) is 32.2 Å². The summed E-state index contributed by atoms with van der Waals surface area (Å²) in [6, 6.07) is 15.9. The average Bonchev–Trinajstić information content (AvgIpc) is 3.02. The van der Waals surface area contributed by atoms with Gasteiger partial charge >= 0.3 is 0 Å². The van der Waals surface area contributed by atoms with Crippen LogP contribution in [-0.2, 0) is 26.2 Å². The summed E-state index contributed by atoms with van der Waals surface area (Å²) in [6.07, 6.45) is 1.04. The van der Waals surface area contributed by atoms with Crippen LogP contribution in [0.15, 0.2) is 65.6 Å². The molecule has 244 valence electrons. The van der Waals surface area contributed by atoms with E-state index in [9.17, 15) is 18.0 Å². The highest BCUT2D eigenvalue weighted by Gasteiger charge is 2.34. The normalized spacial score (nSPS) is 12.5. The summed E-state index contributed by atoms with van der Waals surface area (Å²) in [7, 11) is 0.135. The van der Waals surface area contributed by atoms with Crippen molar-refractivity contribution in [3.05, 3.63) is 77.4 Å². The highest BCUT2D eigenvalue weighted by molar-refractivity contribution is 7.92. The van der Waals surface area contributed by atoms with Crippen molar-refractivity contribution in [3.63, 3.8) is 0 Å². The zero-order valence-electron chi connectivity index (χ0n) is 27.4. The molecule has 0 saturated heterocycles. The van der Waals surface area contributed by atoms with Crippen molar-refractivity contribution in [2.45, 2.75) is 71.0 Å². The number of benzene rings is 3. The molecule has 0 saturated carbocycles. The molecular weight excluding hydrogens is 594 g/mol. The third-order valence-corrected chi connectivity index (χ3v) is 9.36. The Balaban J connectivity index is 2.15. The number of hydrogen-bond donors (Lipinski definition) is 1. The van der Waals surface area contributed by atoms with Crippen molar-refractivity contribution in [1.82, 2.24) is 10.2 Å². The smallest absolute Gasteiger partial charge is 0.264 e. The molecule has 0 aliphatic carbocycles. The average molecular weight is 640 g/mol. The van der Waals surface area contributed by atoms with E-state index in [0.717, 1.165) is 27.4 Å². The fourth-order valence-corrected chi connectivity index (χ4v) is 6.47. The second kappa shape index (κ2) is 15.7. The van der Waals surface area contributed by atoms with Gasteiger partial charge in [0.15, 0.2) is 11.5 Å². The summed E-state index contributed by atoms with van der Waals surface area (Å²) in [5.41, 5.74) is 2.72. The van der Waals surface area contributed by atoms with Crippen LogP contribution < -0.4 is 23.8 Å². The second-order valence-electron chi connectivity index (χ2n) is 11.0. The lowest BCUT2D eigenvalue weighted by molar-refractivity contribution is -0.140. The third-order valence-electron chi connectivity index (χ3n) is 7.59. The van der Waals surface area contributed by atoms with E-state index in [1.807, 2.05) is 46.8 Å². The SMILES string of the molecule is CC[C@@H](C)NC(=O)[C@@H](CC)N(Cc1cccc(OC)c1)C(=O)CN(c1cc(C)cc(C)c1)S(=O)(=O)c1ccc(OC)c(OC)c1. The van der Waals surface area contributed by atoms with Crippen LogP contribution in [0.25, 0.3) is 0 Å². The molecule has 11 heteroatoms. The molecule has 3 aromatic rings. The van der Waals surface area contributed by atoms with Gasteiger partial charge in [0.2, 0.25) is 11.8 Å². The van der Waals surface area contributed by atoms with Crippen LogP contribution in [0.2, 0.25) is 0 Å². The summed E-state index contributed by atoms with van der Waals surface area (Å²) < 4.78 is 45.8. The van der Waals surface area contributed by atoms with Crippen molar-refractivity contribution >= 4 is 27.5 Å². The maximum Gasteiger partial charge on any atom is 0.264 e. The predicted molar refractivity (Wildman–Crippen MR) is 176 cm³/mol. The number of carbonyl (C=O) groups is 2. The maximum atomic E-state index is 14.4. The Morgan fingerprint density at radius 1 is 0.844 bits per heavy atom. The molecule has 0 bridgehead atoms. The lowest BCUT2D eigenvalue weighted by Gasteiger charge is -2.34. The van der Waals surface area contributed by atoms with Crippen LogP contribution in [-0.4, -0.2) is 65.1 Å². The van der Waals surface area contributed by atoms with E-state index in [1.54, 1.807) is 37.4 Å². The summed E-state index contributed by atoms with van der Waals surface area (Å²) in [5, 5.41) is 2.99. The van der Waals surface area contributed by atoms with Gasteiger partial charge in [-0.1, -0.05) is 32.0 Å². The van der Waals surface area contributed by atoms with Gasteiger partial charge in [0, 0.05) is 18.7 Å². The minimum Gasteiger partial charge on any atom is -0.497 e. The van der Waals surface area contributed by atoms with Gasteiger partial charge in [0.05, 0.1) is 31.9 Å². The van der Waals surface area contributed by atoms with Crippen molar-refractivity contribution in [2.24, 2.45) is 0 Å². The summed E-state index contributed by atoms with van der Waals surface area (Å²) in [5.74, 6) is 0.367. The summed E-state index contributed by atoms with van der Waals surface area (Å²) >= 11 is 0. The second-order valence-corrected chi connectivity index (χ2v) is 12.9. The molecule has 45 heavy (non-hydrogen) atoms. The topological polar surface area (TPSA) is 114 Å². The van der Waals surface area contributed by atoms with Crippen molar-refractivity contribution < 1.29 is 32.2 Å². The summed E-state index contributed by atoms with van der Waals surface area (Å²) in [4.78, 5) is 29.3. The van der Waals surface area contributed by atoms with Gasteiger partial charge in [-0.2, -0.15) is 0 Å². The van der Waals surface area contributed by atoms with Gasteiger partial charge in [-0.05, 0) is 86.7 Å². The van der Waals surface area contributed by atoms with E-state index >= 15 is 0 Å². The number of carbonyl (C=O) groups excluding carboxylic acids is 2. The van der Waals surface area contributed by atoms with Gasteiger partial charge in [-0.3, -0.25) is 13.9 Å². The number of ether oxygens (including phenoxy) is 3. The molecule has 0 fully saturated rings. The van der Waals surface area contributed by atoms with Crippen LogP contribution >= 0.6 is 0 Å². The number of sulfonamides is 1. The molecule has 2 atom stereocenters. The van der Waals surface area contributed by atoms with Crippen LogP contribution in [0.1, 0.15) is 50.3 Å². The molecule has 10 nitrogen and oxygen atoms in total. The minimum atomic E-state index is -4.30. The monoisotopic (exact) mass is 639 g/mol. The van der Waals surface area contributed by atoms with Crippen LogP contribution in [0, 0.1) is 13.8 Å². The highest BCUT2D eigenvalue weighted by atomic mass is 32.2. The fourth-order valence-electron chi connectivity index (χ4n) is 5.06. The zero-order chi connectivity index (χ0) is 33.3. The Hall–Kier alpha value is -4.25. The molecule has 2 amide bonds. The number of anilines is 1. The first-order valence-electron chi connectivity index (χ1n) is 14.9. The molecule has 1 N–H and O–H groups in total. The third kappa shape index (κ3) is 8.69. The lowest BCUT2D eigenvalue weighted by atomic mass is 10.1. The van der Waals surface area contributed by atoms with Crippen molar-refractivity contribution in [1.29, 1.82) is 0 Å². The largest absolute Gasteiger partial charge is 0.497 e. The van der Waals surface area contributed by atoms with E-state index in [0.29, 0.717) is 23.6 Å². The van der Waals surface area contributed by atoms with E-state index in [4.69, 9.17) is 14.2 Å². The first-order valence-corrected chi connectivity index (χ1v) is 16.4. The zero-order valence-corrected chi connectivity index (χ0v) is 28.2. The molecule has 0 aromatic heterocycles. The maximum absolute atomic E-state index is 14.4. The van der Waals surface area contributed by atoms with Gasteiger partial charge < -0.3 is 24.4 Å². The first kappa shape index (κ1) is 35.2. The number of aryl methyl sites for hydroxylation is 2. The predicted octanol–water partition coefficient (Wildman–Crippen LogP) is 5.25. The van der Waals surface area contributed by atoms with E-state index in [1.165, 1.54) is 37.3 Å². The van der Waals surface area contributed by atoms with Gasteiger partial charge in [0.1, 0.15) is 18.3 Å². The quantitative estimate of drug-likeness (QED) is 0.242. The molecule has 0 aliphatic heterocycles. The highest BCUT2D eigenvalue weighted by Crippen LogP contribution is 2.33. The Morgan fingerprint density at radius 3 is 2.09 bits per heavy atom. The first-order chi connectivity index (χ1) is 21.4. The Bertz CT molecular complexity index is 1570. The molecule has 0 aliphatic rings. The number of nitrogens with zero attached hydrogens (tertiary/aromatic N) is 2. The Kier molecular flexibility index (Phi) is 12.3. The molecule has 0 radical (unpaired) electrons. The number of rotatable bonds is 15. The Morgan fingerprint density at radius 2 is 1.51 bits per heavy atom. The standard InChI is InChI=1S/C34H45N3O7S/c1-9-25(5)35-34(39)30(10-2)36(21-26-12-11-13-28(19-26)42-6)33(38)22-37(27-17-23(3)16-24(4)18-27)45(40,41)29-14-15-31(43-7)32(20-29)44-8/h11-20,25,30H,9-10,21-22H2,1-8H3,(H,35,39)/t25-,30-/m1/s1. The van der Waals surface area contributed by atoms with E-state index in [2.05, 4.69) is 5.32 Å². The van der Waals surface area contributed by atoms with Crippen LogP contribution in [0.5, 0.6) is 17.2 Å². The van der Waals surface area contributed by atoms with Gasteiger partial charge in [-0.15, -0.1) is 0 Å². The number of amides is 2. The van der Waals surface area contributed by atoms with Crippen LogP contribution in [0.4, 0.5) is 5.69 Å². The molecule has 0 unspecified atom stereocenters. The fraction of sp³-hybridized carbons (Fsp3) is 0.412. The molecular formula is C34H45N3O7S. The minimum absolute atomic E-state index is 0.0690. The van der Waals surface area contributed by atoms with E-state index in [-0.39, 0.29) is 29.1 Å². The summed E-state index contributed by atoms with van der Waals surface area (Å²) in [6.45, 7) is 8.94. The molecule has 0 heterocycles. The number of methoxy groups -OCH3 is 3. The van der Waals surface area contributed by atoms with Gasteiger partial charge in [0.25, 0.3) is 10.0 Å². The lowest BCUT2D eigenvalue weighted by Crippen LogP contribution is -2.53. The number of hydrogen-bond acceptors (Lipinski definition) is 7. The molecule has 3 rings (SSSR count). The number of nitrogens with one attached hydrogen (secondary N) is 1.